The number of hydrogen-bond acceptors (Lipinski definition) is 6. The molecule has 3 fully saturated rings. The molecule has 3 saturated heterocycles. The molecule has 8 nitrogen and oxygen atoms in total. The minimum Gasteiger partial charge on any atom is -0.405 e. The van der Waals surface area contributed by atoms with Crippen molar-refractivity contribution >= 4 is 146 Å². The van der Waals surface area contributed by atoms with Crippen molar-refractivity contribution in [3.8, 4) is 33.6 Å². The van der Waals surface area contributed by atoms with Crippen molar-refractivity contribution in [2.24, 2.45) is 0 Å². The van der Waals surface area contributed by atoms with E-state index in [1.807, 2.05) is 67.5 Å². The molecule has 510 valence electrons. The number of aromatic nitrogens is 2. The second-order valence-electron chi connectivity index (χ2n) is 30.7. The monoisotopic (exact) mass is 1370 g/mol. The lowest BCUT2D eigenvalue weighted by molar-refractivity contribution is 0.00578. The predicted molar refractivity (Wildman–Crippen MR) is 437 cm³/mol. The maximum Gasteiger partial charge on any atom is 0.495 e. The zero-order valence-electron chi connectivity index (χ0n) is 59.9. The van der Waals surface area contributed by atoms with Crippen molar-refractivity contribution < 1.29 is 27.9 Å². The fraction of sp³-hybridized carbons (Fsp3) is 0.209. The molecule has 5 heterocycles. The summed E-state index contributed by atoms with van der Waals surface area (Å²) in [6.07, 6.45) is 0. The van der Waals surface area contributed by atoms with E-state index in [0.29, 0.717) is 0 Å². The summed E-state index contributed by atoms with van der Waals surface area (Å²) in [5, 5.41) is 20.4. The highest BCUT2D eigenvalue weighted by atomic mass is 35.5. The SMILES string of the molecule is C.CC1(C)OB(B2OC(C)(C)C(C)(C)O2)OC1(C)C.CC1(C)OB(c2cccc3c4ccccc4c4ccc(-c5ccc6c(c5)c5ccccc5n6-c5ccccc5)cc4c23)OC1(C)C.Clc1cccc2c3ccccc3c3ccc(-c4ccc5c(c4)c4ccccc4n5-c4ccccc4)cc3c12. The number of nitrogens with zero attached hydrogens (tertiary/aromatic N) is 2. The van der Waals surface area contributed by atoms with Crippen LogP contribution in [0.1, 0.15) is 90.5 Å². The summed E-state index contributed by atoms with van der Waals surface area (Å²) in [5.41, 5.74) is 10.7. The molecule has 19 rings (SSSR count). The number of rotatable bonds is 6. The zero-order valence-corrected chi connectivity index (χ0v) is 60.6. The van der Waals surface area contributed by atoms with Crippen LogP contribution in [0.25, 0.3) is 142 Å². The number of para-hydroxylation sites is 4. The van der Waals surface area contributed by atoms with E-state index in [-0.39, 0.29) is 29.8 Å². The van der Waals surface area contributed by atoms with Gasteiger partial charge in [-0.1, -0.05) is 207 Å². The molecule has 0 unspecified atom stereocenters. The first-order valence-corrected chi connectivity index (χ1v) is 36.0. The number of halogens is 1. The molecule has 103 heavy (non-hydrogen) atoms. The zero-order chi connectivity index (χ0) is 70.4. The highest BCUT2D eigenvalue weighted by molar-refractivity contribution is 7.11. The normalized spacial score (nSPS) is 17.1. The lowest BCUT2D eigenvalue weighted by atomic mass is 9.49. The maximum absolute atomic E-state index is 6.84. The number of fused-ring (bicyclic) bond motifs is 18. The standard InChI is InChI=1S/C42H34BNO2.C36H22ClN.C12H24B2O4.CH4/c1-41(2)42(3,4)46-43(45-41)37-19-12-18-34-31-16-9-8-15-30(31)32-23-21-27(26-36(32)40(34)37)28-22-24-39-35(25-28)33-17-10-11-20-38(33)44(39)29-13-6-5-7-14-29;37-33-15-8-14-30-27-12-5-4-11-26(27)28-19-17-23(22-32(28)36(30)33)24-18-20-35-31(21-24)29-13-6-7-16-34(29)38(35)25-9-2-1-3-10-25;1-9(2)10(3,4)16-13(15-9)14-17-11(5,6)12(7,8)18-14;/h5-26H,1-4H3;1-22H;1-8H3;1H4. The van der Waals surface area contributed by atoms with Crippen LogP contribution in [-0.2, 0) is 27.9 Å². The fourth-order valence-corrected chi connectivity index (χ4v) is 15.8. The van der Waals surface area contributed by atoms with Crippen LogP contribution in [0.4, 0.5) is 0 Å². The Hall–Kier alpha value is -9.52. The van der Waals surface area contributed by atoms with Gasteiger partial charge in [0.2, 0.25) is 0 Å². The van der Waals surface area contributed by atoms with Gasteiger partial charge in [-0.2, -0.15) is 0 Å². The van der Waals surface area contributed by atoms with Gasteiger partial charge in [0.05, 0.1) is 55.7 Å². The molecule has 0 spiro atoms. The van der Waals surface area contributed by atoms with Crippen LogP contribution >= 0.6 is 11.6 Å². The van der Waals surface area contributed by atoms with E-state index in [1.54, 1.807) is 0 Å². The van der Waals surface area contributed by atoms with Crippen molar-refractivity contribution in [3.63, 3.8) is 0 Å². The van der Waals surface area contributed by atoms with Gasteiger partial charge < -0.3 is 37.1 Å². The van der Waals surface area contributed by atoms with Gasteiger partial charge in [0, 0.05) is 43.3 Å². The average molecular weight is 1370 g/mol. The minimum absolute atomic E-state index is 0. The van der Waals surface area contributed by atoms with E-state index >= 15 is 0 Å². The number of hydrogen-bond donors (Lipinski definition) is 0. The Kier molecular flexibility index (Phi) is 16.6. The van der Waals surface area contributed by atoms with Crippen LogP contribution in [-0.4, -0.2) is 63.9 Å². The molecule has 3 aliphatic heterocycles. The first-order chi connectivity index (χ1) is 49.0. The van der Waals surface area contributed by atoms with Crippen molar-refractivity contribution in [3.05, 3.63) is 272 Å². The lowest BCUT2D eigenvalue weighted by Gasteiger charge is -2.32. The minimum atomic E-state index is -0.476. The predicted octanol–water partition coefficient (Wildman–Crippen LogP) is 23.7. The van der Waals surface area contributed by atoms with E-state index in [1.165, 1.54) is 136 Å². The molecule has 0 saturated carbocycles. The third-order valence-electron chi connectivity index (χ3n) is 23.0. The summed E-state index contributed by atoms with van der Waals surface area (Å²) in [5.74, 6) is 0. The molecule has 0 N–H and O–H groups in total. The third-order valence-corrected chi connectivity index (χ3v) is 23.3. The molecule has 3 aliphatic rings. The van der Waals surface area contributed by atoms with Crippen molar-refractivity contribution in [1.29, 1.82) is 0 Å². The van der Waals surface area contributed by atoms with Gasteiger partial charge in [-0.05, 0) is 249 Å². The molecule has 0 amide bonds. The Balaban J connectivity index is 0.000000129. The summed E-state index contributed by atoms with van der Waals surface area (Å²) in [6.45, 7) is 24.7. The highest BCUT2D eigenvalue weighted by Crippen LogP contribution is 2.47. The summed E-state index contributed by atoms with van der Waals surface area (Å²) >= 11 is 6.84. The van der Waals surface area contributed by atoms with Gasteiger partial charge in [0.15, 0.2) is 0 Å². The maximum atomic E-state index is 6.84. The fourth-order valence-electron chi connectivity index (χ4n) is 15.5. The average Bonchev–Trinajstić information content (AvgIpc) is 1.24. The Bertz CT molecular complexity index is 5960. The van der Waals surface area contributed by atoms with Gasteiger partial charge in [0.1, 0.15) is 0 Å². The lowest BCUT2D eigenvalue weighted by Crippen LogP contribution is -2.41. The molecule has 0 atom stereocenters. The van der Waals surface area contributed by atoms with E-state index < -0.39 is 32.3 Å². The van der Waals surface area contributed by atoms with Crippen molar-refractivity contribution in [1.82, 2.24) is 9.13 Å². The second kappa shape index (κ2) is 25.1. The molecular weight excluding hydrogens is 1280 g/mol. The Morgan fingerprint density at radius 1 is 0.252 bits per heavy atom. The van der Waals surface area contributed by atoms with Gasteiger partial charge in [-0.3, -0.25) is 0 Å². The molecule has 2 aromatic heterocycles. The van der Waals surface area contributed by atoms with Gasteiger partial charge in [0.25, 0.3) is 0 Å². The Labute approximate surface area is 609 Å². The van der Waals surface area contributed by atoms with E-state index in [9.17, 15) is 0 Å². The van der Waals surface area contributed by atoms with Gasteiger partial charge >= 0.3 is 21.1 Å². The highest BCUT2D eigenvalue weighted by Gasteiger charge is 2.64. The quantitative estimate of drug-likeness (QED) is 0.122. The van der Waals surface area contributed by atoms with Crippen LogP contribution < -0.4 is 5.46 Å². The topological polar surface area (TPSA) is 65.2 Å². The molecule has 12 heteroatoms. The third kappa shape index (κ3) is 11.2. The van der Waals surface area contributed by atoms with Crippen molar-refractivity contribution in [2.45, 2.75) is 124 Å². The first-order valence-electron chi connectivity index (χ1n) is 35.6. The van der Waals surface area contributed by atoms with E-state index in [2.05, 4.69) is 292 Å². The molecule has 0 aliphatic carbocycles. The molecule has 0 radical (unpaired) electrons. The largest absolute Gasteiger partial charge is 0.495 e. The summed E-state index contributed by atoms with van der Waals surface area (Å²) in [7, 11) is -1.41. The van der Waals surface area contributed by atoms with Gasteiger partial charge in [-0.15, -0.1) is 0 Å². The van der Waals surface area contributed by atoms with Crippen LogP contribution in [0.15, 0.2) is 267 Å². The Morgan fingerprint density at radius 2 is 0.544 bits per heavy atom. The summed E-state index contributed by atoms with van der Waals surface area (Å²) in [6, 6.07) is 96.2. The molecule has 0 bridgehead atoms. The smallest absolute Gasteiger partial charge is 0.405 e. The van der Waals surface area contributed by atoms with Gasteiger partial charge in [-0.25, -0.2) is 0 Å². The Morgan fingerprint density at radius 3 is 0.961 bits per heavy atom. The first kappa shape index (κ1) is 67.9. The molecule has 14 aromatic carbocycles. The van der Waals surface area contributed by atoms with Crippen LogP contribution in [0.3, 0.4) is 0 Å². The summed E-state index contributed by atoms with van der Waals surface area (Å²) in [4.78, 5) is 0. The number of benzene rings is 14. The molecule has 16 aromatic rings. The van der Waals surface area contributed by atoms with Crippen molar-refractivity contribution in [2.75, 3.05) is 0 Å². The molecular formula is C91H84B3ClN2O6. The second-order valence-corrected chi connectivity index (χ2v) is 31.1. The van der Waals surface area contributed by atoms with Crippen LogP contribution in [0.5, 0.6) is 0 Å². The van der Waals surface area contributed by atoms with Crippen LogP contribution in [0.2, 0.25) is 5.02 Å². The van der Waals surface area contributed by atoms with E-state index in [4.69, 9.17) is 39.5 Å². The van der Waals surface area contributed by atoms with Crippen LogP contribution in [0, 0.1) is 0 Å². The van der Waals surface area contributed by atoms with E-state index in [0.717, 1.165) is 15.9 Å². The summed E-state index contributed by atoms with van der Waals surface area (Å²) < 4.78 is 41.8.